The lowest BCUT2D eigenvalue weighted by molar-refractivity contribution is 0.0923. The molecule has 0 radical (unpaired) electrons. The van der Waals surface area contributed by atoms with Crippen LogP contribution in [0.25, 0.3) is 0 Å². The summed E-state index contributed by atoms with van der Waals surface area (Å²) in [6.45, 7) is 2.88. The highest BCUT2D eigenvalue weighted by molar-refractivity contribution is 5.96. The molecule has 4 nitrogen and oxygen atoms in total. The van der Waals surface area contributed by atoms with E-state index in [0.29, 0.717) is 13.0 Å². The molecule has 1 heterocycles. The molecule has 0 spiro atoms. The highest BCUT2D eigenvalue weighted by atomic mass is 16.3. The maximum Gasteiger partial charge on any atom is 0.193 e. The summed E-state index contributed by atoms with van der Waals surface area (Å²) < 4.78 is 1.82. The number of nitrogens with zero attached hydrogens (tertiary/aromatic N) is 2. The maximum atomic E-state index is 11.9. The smallest absolute Gasteiger partial charge is 0.193 e. The van der Waals surface area contributed by atoms with E-state index in [9.17, 15) is 4.79 Å². The van der Waals surface area contributed by atoms with Gasteiger partial charge in [-0.25, -0.2) is 0 Å². The normalized spacial score (nSPS) is 13.1. The van der Waals surface area contributed by atoms with Gasteiger partial charge < -0.3 is 9.67 Å². The quantitative estimate of drug-likeness (QED) is 0.731. The average molecular weight is 224 g/mol. The predicted octanol–water partition coefficient (Wildman–Crippen LogP) is 0.910. The van der Waals surface area contributed by atoms with Crippen LogP contribution in [0.1, 0.15) is 23.8 Å². The second kappa shape index (κ2) is 5.82. The van der Waals surface area contributed by atoms with Crippen LogP contribution in [0, 0.1) is 0 Å². The van der Waals surface area contributed by atoms with Gasteiger partial charge in [0.15, 0.2) is 5.78 Å². The molecule has 0 aromatic carbocycles. The number of aromatic nitrogens is 1. The molecule has 0 aliphatic carbocycles. The van der Waals surface area contributed by atoms with E-state index in [4.69, 9.17) is 5.11 Å². The van der Waals surface area contributed by atoms with Gasteiger partial charge in [-0.1, -0.05) is 0 Å². The number of hydrogen-bond donors (Lipinski definition) is 1. The van der Waals surface area contributed by atoms with Crippen molar-refractivity contribution in [2.45, 2.75) is 19.4 Å². The summed E-state index contributed by atoms with van der Waals surface area (Å²) in [5.74, 6) is 0.112. The van der Waals surface area contributed by atoms with E-state index in [0.717, 1.165) is 12.2 Å². The number of aryl methyl sites for hydroxylation is 1. The van der Waals surface area contributed by atoms with Crippen molar-refractivity contribution in [1.29, 1.82) is 0 Å². The van der Waals surface area contributed by atoms with Gasteiger partial charge in [-0.3, -0.25) is 9.69 Å². The van der Waals surface area contributed by atoms with Crippen molar-refractivity contribution in [2.24, 2.45) is 7.05 Å². The number of aliphatic hydroxyl groups excluding tert-OH is 1. The number of Topliss-reactive ketones (excluding diaryl/α,β-unsaturated/α-hetero) is 1. The summed E-state index contributed by atoms with van der Waals surface area (Å²) in [6.07, 6.45) is 2.24. The minimum absolute atomic E-state index is 0.112. The summed E-state index contributed by atoms with van der Waals surface area (Å²) in [4.78, 5) is 13.8. The molecule has 1 aromatic heterocycles. The summed E-state index contributed by atoms with van der Waals surface area (Å²) >= 11 is 0. The van der Waals surface area contributed by atoms with Gasteiger partial charge in [0.2, 0.25) is 0 Å². The minimum atomic E-state index is -0.312. The van der Waals surface area contributed by atoms with E-state index in [1.165, 1.54) is 0 Å². The van der Waals surface area contributed by atoms with Crippen molar-refractivity contribution in [3.8, 4) is 0 Å². The van der Waals surface area contributed by atoms with Crippen LogP contribution in [0.15, 0.2) is 18.3 Å². The molecule has 1 N–H and O–H groups in total. The lowest BCUT2D eigenvalue weighted by Gasteiger charge is -2.16. The molecule has 0 saturated carbocycles. The summed E-state index contributed by atoms with van der Waals surface area (Å²) in [5.41, 5.74) is 0.726. The van der Waals surface area contributed by atoms with E-state index in [-0.39, 0.29) is 11.9 Å². The number of carbonyl (C=O) groups is 1. The first-order chi connectivity index (χ1) is 7.50. The van der Waals surface area contributed by atoms with Gasteiger partial charge in [-0.15, -0.1) is 0 Å². The lowest BCUT2D eigenvalue weighted by atomic mass is 10.2. The average Bonchev–Trinajstić information content (AvgIpc) is 2.61. The van der Waals surface area contributed by atoms with Crippen LogP contribution in [0.2, 0.25) is 0 Å². The zero-order valence-electron chi connectivity index (χ0n) is 10.2. The summed E-state index contributed by atoms with van der Waals surface area (Å²) in [5, 5.41) is 9.15. The van der Waals surface area contributed by atoms with Crippen LogP contribution in [0.4, 0.5) is 0 Å². The third-order valence-corrected chi connectivity index (χ3v) is 2.57. The van der Waals surface area contributed by atoms with E-state index >= 15 is 0 Å². The molecule has 0 amide bonds. The third-order valence-electron chi connectivity index (χ3n) is 2.57. The van der Waals surface area contributed by atoms with Crippen LogP contribution in [-0.4, -0.2) is 46.6 Å². The number of rotatable bonds is 6. The number of likely N-dealkylation sites (N-methyl/N-ethyl adjacent to an activating group) is 1. The molecule has 4 heteroatoms. The van der Waals surface area contributed by atoms with Crippen molar-refractivity contribution in [3.05, 3.63) is 24.0 Å². The topological polar surface area (TPSA) is 45.5 Å². The Labute approximate surface area is 96.5 Å². The van der Waals surface area contributed by atoms with Crippen molar-refractivity contribution < 1.29 is 9.90 Å². The van der Waals surface area contributed by atoms with Gasteiger partial charge in [0.05, 0.1) is 18.3 Å². The monoisotopic (exact) mass is 224 g/mol. The molecule has 0 bridgehead atoms. The minimum Gasteiger partial charge on any atom is -0.393 e. The van der Waals surface area contributed by atoms with Crippen LogP contribution >= 0.6 is 0 Å². The van der Waals surface area contributed by atoms with Gasteiger partial charge in [0, 0.05) is 19.8 Å². The Hall–Kier alpha value is -1.13. The van der Waals surface area contributed by atoms with E-state index in [2.05, 4.69) is 0 Å². The molecular formula is C12H20N2O2. The highest BCUT2D eigenvalue weighted by Crippen LogP contribution is 2.02. The Kier molecular flexibility index (Phi) is 4.71. The molecule has 1 atom stereocenters. The van der Waals surface area contributed by atoms with Crippen LogP contribution in [0.3, 0.4) is 0 Å². The summed E-state index contributed by atoms with van der Waals surface area (Å²) in [7, 11) is 3.76. The highest BCUT2D eigenvalue weighted by Gasteiger charge is 2.11. The third kappa shape index (κ3) is 3.79. The van der Waals surface area contributed by atoms with Crippen molar-refractivity contribution in [3.63, 3.8) is 0 Å². The van der Waals surface area contributed by atoms with E-state index in [1.807, 2.05) is 41.9 Å². The SMILES string of the molecule is CC(O)CCN(C)CC(=O)c1cccn1C. The molecule has 0 aliphatic rings. The number of hydrogen-bond acceptors (Lipinski definition) is 3. The molecule has 1 unspecified atom stereocenters. The Morgan fingerprint density at radius 2 is 2.31 bits per heavy atom. The van der Waals surface area contributed by atoms with Crippen LogP contribution < -0.4 is 0 Å². The summed E-state index contributed by atoms with van der Waals surface area (Å²) in [6, 6.07) is 3.69. The molecule has 1 aromatic rings. The first kappa shape index (κ1) is 12.9. The fourth-order valence-corrected chi connectivity index (χ4v) is 1.56. The van der Waals surface area contributed by atoms with Gasteiger partial charge in [0.25, 0.3) is 0 Å². The van der Waals surface area contributed by atoms with Gasteiger partial charge in [0.1, 0.15) is 0 Å². The Morgan fingerprint density at radius 1 is 1.62 bits per heavy atom. The van der Waals surface area contributed by atoms with E-state index < -0.39 is 0 Å². The Balaban J connectivity index is 2.43. The molecule has 0 aliphatic heterocycles. The molecule has 0 saturated heterocycles. The number of carbonyl (C=O) groups excluding carboxylic acids is 1. The first-order valence-electron chi connectivity index (χ1n) is 5.52. The number of aliphatic hydroxyl groups is 1. The lowest BCUT2D eigenvalue weighted by Crippen LogP contribution is -2.29. The van der Waals surface area contributed by atoms with Crippen molar-refractivity contribution in [1.82, 2.24) is 9.47 Å². The Morgan fingerprint density at radius 3 is 2.81 bits per heavy atom. The van der Waals surface area contributed by atoms with E-state index in [1.54, 1.807) is 6.92 Å². The van der Waals surface area contributed by atoms with Gasteiger partial charge >= 0.3 is 0 Å². The van der Waals surface area contributed by atoms with Crippen LogP contribution in [-0.2, 0) is 7.05 Å². The Bertz CT molecular complexity index is 345. The van der Waals surface area contributed by atoms with Crippen molar-refractivity contribution >= 4 is 5.78 Å². The predicted molar refractivity (Wildman–Crippen MR) is 63.5 cm³/mol. The zero-order chi connectivity index (χ0) is 12.1. The molecule has 90 valence electrons. The molecule has 16 heavy (non-hydrogen) atoms. The van der Waals surface area contributed by atoms with Crippen molar-refractivity contribution in [2.75, 3.05) is 20.1 Å². The first-order valence-corrected chi connectivity index (χ1v) is 5.52. The molecular weight excluding hydrogens is 204 g/mol. The standard InChI is InChI=1S/C12H20N2O2/c1-10(15)6-8-13(2)9-12(16)11-5-4-7-14(11)3/h4-5,7,10,15H,6,8-9H2,1-3H3. The number of ketones is 1. The zero-order valence-corrected chi connectivity index (χ0v) is 10.2. The van der Waals surface area contributed by atoms with Crippen LogP contribution in [0.5, 0.6) is 0 Å². The van der Waals surface area contributed by atoms with Gasteiger partial charge in [-0.05, 0) is 32.5 Å². The second-order valence-electron chi connectivity index (χ2n) is 4.30. The van der Waals surface area contributed by atoms with Gasteiger partial charge in [-0.2, -0.15) is 0 Å². The fraction of sp³-hybridized carbons (Fsp3) is 0.583. The molecule has 0 fully saturated rings. The second-order valence-corrected chi connectivity index (χ2v) is 4.30. The largest absolute Gasteiger partial charge is 0.393 e. The fourth-order valence-electron chi connectivity index (χ4n) is 1.56. The maximum absolute atomic E-state index is 11.9. The molecule has 1 rings (SSSR count).